The van der Waals surface area contributed by atoms with E-state index in [4.69, 9.17) is 9.26 Å². The molecule has 0 bridgehead atoms. The number of nitrogens with zero attached hydrogens (tertiary/aromatic N) is 3. The Hall–Kier alpha value is -3.66. The third kappa shape index (κ3) is 3.89. The Balaban J connectivity index is 1.77. The summed E-state index contributed by atoms with van der Waals surface area (Å²) < 4.78 is 11.3. The molecule has 7 heteroatoms. The Kier molecular flexibility index (Phi) is 5.47. The summed E-state index contributed by atoms with van der Waals surface area (Å²) in [4.78, 5) is 16.8. The second-order valence-corrected chi connectivity index (χ2v) is 8.01. The number of hydrogen-bond donors (Lipinski definition) is 1. The lowest BCUT2D eigenvalue weighted by Gasteiger charge is -2.37. The first-order valence-electron chi connectivity index (χ1n) is 10.4. The lowest BCUT2D eigenvalue weighted by atomic mass is 9.76. The van der Waals surface area contributed by atoms with Crippen molar-refractivity contribution in [2.75, 3.05) is 0 Å². The number of aryl methyl sites for hydroxylation is 1. The summed E-state index contributed by atoms with van der Waals surface area (Å²) in [5.41, 5.74) is 2.32. The molecule has 31 heavy (non-hydrogen) atoms. The number of aromatic nitrogens is 2. The SMILES string of the molecule is CC(=O)N[C@]1(c2noc(-c3ccc(OC(C)C)c(C#N)c3)n2)CCCc2ccccc21. The second kappa shape index (κ2) is 8.23. The summed E-state index contributed by atoms with van der Waals surface area (Å²) in [7, 11) is 0. The number of amides is 1. The Morgan fingerprint density at radius 2 is 2.10 bits per heavy atom. The van der Waals surface area contributed by atoms with E-state index in [0.717, 1.165) is 24.0 Å². The van der Waals surface area contributed by atoms with Crippen molar-refractivity contribution in [1.82, 2.24) is 15.5 Å². The third-order valence-electron chi connectivity index (χ3n) is 5.38. The number of carbonyl (C=O) groups excluding carboxylic acids is 1. The van der Waals surface area contributed by atoms with Gasteiger partial charge in [-0.15, -0.1) is 0 Å². The van der Waals surface area contributed by atoms with Crippen molar-refractivity contribution in [2.45, 2.75) is 51.7 Å². The van der Waals surface area contributed by atoms with Gasteiger partial charge in [0.25, 0.3) is 5.89 Å². The van der Waals surface area contributed by atoms with Crippen LogP contribution in [-0.4, -0.2) is 22.2 Å². The molecule has 3 aromatic rings. The molecular formula is C24H24N4O3. The van der Waals surface area contributed by atoms with Crippen LogP contribution < -0.4 is 10.1 Å². The van der Waals surface area contributed by atoms with E-state index in [0.29, 0.717) is 29.1 Å². The lowest BCUT2D eigenvalue weighted by molar-refractivity contribution is -0.120. The van der Waals surface area contributed by atoms with Crippen molar-refractivity contribution >= 4 is 5.91 Å². The van der Waals surface area contributed by atoms with Gasteiger partial charge in [-0.1, -0.05) is 29.4 Å². The molecule has 1 atom stereocenters. The molecule has 0 unspecified atom stereocenters. The molecule has 1 N–H and O–H groups in total. The summed E-state index contributed by atoms with van der Waals surface area (Å²) in [6.07, 6.45) is 2.45. The highest BCUT2D eigenvalue weighted by molar-refractivity contribution is 5.75. The van der Waals surface area contributed by atoms with Crippen LogP contribution in [0.3, 0.4) is 0 Å². The van der Waals surface area contributed by atoms with Crippen molar-refractivity contribution in [2.24, 2.45) is 0 Å². The van der Waals surface area contributed by atoms with Gasteiger partial charge >= 0.3 is 0 Å². The van der Waals surface area contributed by atoms with Crippen molar-refractivity contribution in [3.63, 3.8) is 0 Å². The van der Waals surface area contributed by atoms with Gasteiger partial charge < -0.3 is 14.6 Å². The molecule has 1 aliphatic carbocycles. The van der Waals surface area contributed by atoms with E-state index in [1.807, 2.05) is 32.0 Å². The standard InChI is InChI=1S/C24H24N4O3/c1-15(2)30-21-11-10-18(13-19(21)14-25)22-26-23(28-31-22)24(27-16(3)29)12-6-8-17-7-4-5-9-20(17)24/h4-5,7,9-11,13,15H,6,8,12H2,1-3H3,(H,27,29)/t24-/m1/s1. The normalized spacial score (nSPS) is 17.6. The van der Waals surface area contributed by atoms with E-state index in [-0.39, 0.29) is 17.9 Å². The lowest BCUT2D eigenvalue weighted by Crippen LogP contribution is -2.48. The Morgan fingerprint density at radius 3 is 2.84 bits per heavy atom. The van der Waals surface area contributed by atoms with Gasteiger partial charge in [0, 0.05) is 12.5 Å². The molecular weight excluding hydrogens is 392 g/mol. The average molecular weight is 416 g/mol. The van der Waals surface area contributed by atoms with Crippen LogP contribution in [0.1, 0.15) is 56.1 Å². The average Bonchev–Trinajstić information content (AvgIpc) is 3.24. The van der Waals surface area contributed by atoms with E-state index >= 15 is 0 Å². The number of fused-ring (bicyclic) bond motifs is 1. The van der Waals surface area contributed by atoms with E-state index in [9.17, 15) is 10.1 Å². The van der Waals surface area contributed by atoms with E-state index in [2.05, 4.69) is 27.6 Å². The van der Waals surface area contributed by atoms with Crippen LogP contribution in [0.2, 0.25) is 0 Å². The number of rotatable bonds is 5. The molecule has 1 heterocycles. The smallest absolute Gasteiger partial charge is 0.258 e. The molecule has 158 valence electrons. The number of nitrogens with one attached hydrogen (secondary N) is 1. The van der Waals surface area contributed by atoms with Gasteiger partial charge in [0.1, 0.15) is 17.4 Å². The molecule has 0 saturated carbocycles. The van der Waals surface area contributed by atoms with Crippen LogP contribution in [0.4, 0.5) is 0 Å². The maximum atomic E-state index is 12.1. The third-order valence-corrected chi connectivity index (χ3v) is 5.38. The van der Waals surface area contributed by atoms with Gasteiger partial charge in [-0.2, -0.15) is 10.2 Å². The summed E-state index contributed by atoms with van der Waals surface area (Å²) in [5, 5.41) is 16.9. The Morgan fingerprint density at radius 1 is 1.29 bits per heavy atom. The number of benzene rings is 2. The number of hydrogen-bond acceptors (Lipinski definition) is 6. The van der Waals surface area contributed by atoms with Gasteiger partial charge in [-0.05, 0) is 62.4 Å². The molecule has 1 aliphatic rings. The minimum atomic E-state index is -0.846. The van der Waals surface area contributed by atoms with E-state index in [1.165, 1.54) is 6.92 Å². The summed E-state index contributed by atoms with van der Waals surface area (Å²) in [6, 6.07) is 15.4. The Labute approximate surface area is 181 Å². The van der Waals surface area contributed by atoms with Crippen molar-refractivity contribution in [3.05, 3.63) is 65.0 Å². The highest BCUT2D eigenvalue weighted by Crippen LogP contribution is 2.40. The topological polar surface area (TPSA) is 101 Å². The fourth-order valence-electron chi connectivity index (χ4n) is 4.17. The molecule has 1 aromatic heterocycles. The van der Waals surface area contributed by atoms with Crippen LogP contribution >= 0.6 is 0 Å². The second-order valence-electron chi connectivity index (χ2n) is 8.01. The predicted octanol–water partition coefficient (Wildman–Crippen LogP) is 4.11. The minimum Gasteiger partial charge on any atom is -0.490 e. The minimum absolute atomic E-state index is 0.0446. The van der Waals surface area contributed by atoms with Crippen LogP contribution in [-0.2, 0) is 16.8 Å². The van der Waals surface area contributed by atoms with E-state index < -0.39 is 5.54 Å². The molecule has 0 spiro atoms. The van der Waals surface area contributed by atoms with E-state index in [1.54, 1.807) is 18.2 Å². The van der Waals surface area contributed by atoms with Gasteiger partial charge in [-0.3, -0.25) is 4.79 Å². The molecule has 0 fully saturated rings. The fraction of sp³-hybridized carbons (Fsp3) is 0.333. The predicted molar refractivity (Wildman–Crippen MR) is 114 cm³/mol. The van der Waals surface area contributed by atoms with Crippen LogP contribution in [0.15, 0.2) is 47.0 Å². The maximum absolute atomic E-state index is 12.1. The van der Waals surface area contributed by atoms with Gasteiger partial charge in [0.2, 0.25) is 11.7 Å². The quantitative estimate of drug-likeness (QED) is 0.672. The zero-order chi connectivity index (χ0) is 22.0. The fourth-order valence-corrected chi connectivity index (χ4v) is 4.17. The zero-order valence-corrected chi connectivity index (χ0v) is 17.8. The summed E-state index contributed by atoms with van der Waals surface area (Å²) in [5.74, 6) is 1.04. The van der Waals surface area contributed by atoms with Crippen molar-refractivity contribution in [3.8, 4) is 23.3 Å². The monoisotopic (exact) mass is 416 g/mol. The summed E-state index contributed by atoms with van der Waals surface area (Å²) in [6.45, 7) is 5.30. The zero-order valence-electron chi connectivity index (χ0n) is 17.8. The molecule has 7 nitrogen and oxygen atoms in total. The van der Waals surface area contributed by atoms with Crippen LogP contribution in [0, 0.1) is 11.3 Å². The first-order chi connectivity index (χ1) is 14.9. The van der Waals surface area contributed by atoms with Crippen molar-refractivity contribution < 1.29 is 14.1 Å². The largest absolute Gasteiger partial charge is 0.490 e. The van der Waals surface area contributed by atoms with Crippen molar-refractivity contribution in [1.29, 1.82) is 5.26 Å². The molecule has 0 aliphatic heterocycles. The highest BCUT2D eigenvalue weighted by Gasteiger charge is 2.43. The number of nitriles is 1. The van der Waals surface area contributed by atoms with Crippen LogP contribution in [0.5, 0.6) is 5.75 Å². The Bertz CT molecular complexity index is 1160. The first-order valence-corrected chi connectivity index (χ1v) is 10.4. The number of ether oxygens (including phenoxy) is 1. The number of carbonyl (C=O) groups is 1. The van der Waals surface area contributed by atoms with Gasteiger partial charge in [0.15, 0.2) is 0 Å². The first kappa shape index (κ1) is 20.6. The molecule has 2 aromatic carbocycles. The van der Waals surface area contributed by atoms with Crippen LogP contribution in [0.25, 0.3) is 11.5 Å². The highest BCUT2D eigenvalue weighted by atomic mass is 16.5. The van der Waals surface area contributed by atoms with Gasteiger partial charge in [0.05, 0.1) is 11.7 Å². The molecule has 4 rings (SSSR count). The molecule has 0 radical (unpaired) electrons. The summed E-state index contributed by atoms with van der Waals surface area (Å²) >= 11 is 0. The molecule has 0 saturated heterocycles. The molecule has 1 amide bonds. The maximum Gasteiger partial charge on any atom is 0.258 e. The van der Waals surface area contributed by atoms with Gasteiger partial charge in [-0.25, -0.2) is 0 Å².